The van der Waals surface area contributed by atoms with E-state index in [9.17, 15) is 10.1 Å². The second kappa shape index (κ2) is 6.89. The van der Waals surface area contributed by atoms with Crippen molar-refractivity contribution >= 4 is 28.3 Å². The Morgan fingerprint density at radius 3 is 3.14 bits per heavy atom. The summed E-state index contributed by atoms with van der Waals surface area (Å²) in [5, 5.41) is 15.9. The molecule has 1 atom stereocenters. The average molecular weight is 320 g/mol. The van der Waals surface area contributed by atoms with Crippen LogP contribution in [-0.2, 0) is 4.74 Å². The molecule has 0 unspecified atom stereocenters. The number of rotatable bonds is 4. The number of non-ortho nitro benzene ring substituents is 1. The van der Waals surface area contributed by atoms with Crippen molar-refractivity contribution in [1.82, 2.24) is 5.43 Å². The van der Waals surface area contributed by atoms with Crippen LogP contribution in [0.2, 0.25) is 0 Å². The molecule has 0 aliphatic carbocycles. The zero-order chi connectivity index (χ0) is 15.4. The molecule has 22 heavy (non-hydrogen) atoms. The molecular weight excluding hydrogens is 304 g/mol. The minimum Gasteiger partial charge on any atom is -0.376 e. The summed E-state index contributed by atoms with van der Waals surface area (Å²) < 4.78 is 5.53. The maximum atomic E-state index is 10.8. The van der Waals surface area contributed by atoms with E-state index < -0.39 is 4.92 Å². The van der Waals surface area contributed by atoms with Gasteiger partial charge in [-0.05, 0) is 12.8 Å². The topological polar surface area (TPSA) is 89.1 Å². The first-order valence-corrected chi connectivity index (χ1v) is 8.07. The number of amidine groups is 1. The third-order valence-corrected chi connectivity index (χ3v) is 4.40. The molecule has 2 aliphatic heterocycles. The fourth-order valence-electron chi connectivity index (χ4n) is 2.32. The fourth-order valence-corrected chi connectivity index (χ4v) is 3.10. The summed E-state index contributed by atoms with van der Waals surface area (Å²) in [5.41, 5.74) is 4.53. The smallest absolute Gasteiger partial charge is 0.270 e. The predicted molar refractivity (Wildman–Crippen MR) is 86.5 cm³/mol. The van der Waals surface area contributed by atoms with E-state index in [0.29, 0.717) is 12.3 Å². The minimum absolute atomic E-state index is 0.0723. The highest BCUT2D eigenvalue weighted by Gasteiger charge is 2.18. The molecule has 0 bridgehead atoms. The lowest BCUT2D eigenvalue weighted by Gasteiger charge is -2.15. The lowest BCUT2D eigenvalue weighted by molar-refractivity contribution is -0.384. The highest BCUT2D eigenvalue weighted by molar-refractivity contribution is 8.14. The van der Waals surface area contributed by atoms with Gasteiger partial charge in [-0.15, -0.1) is 0 Å². The summed E-state index contributed by atoms with van der Waals surface area (Å²) in [6.07, 6.45) is 2.38. The first-order valence-electron chi connectivity index (χ1n) is 7.08. The van der Waals surface area contributed by atoms with Crippen molar-refractivity contribution in [3.05, 3.63) is 39.9 Å². The van der Waals surface area contributed by atoms with Gasteiger partial charge in [-0.25, -0.2) is 0 Å². The SMILES string of the molecule is O=[N+]([O-])c1cccc(C2=NNC(=NC[C@@H]3CCCO3)SC2)c1. The molecule has 116 valence electrons. The Balaban J connectivity index is 1.64. The van der Waals surface area contributed by atoms with E-state index in [4.69, 9.17) is 4.74 Å². The summed E-state index contributed by atoms with van der Waals surface area (Å²) in [6, 6.07) is 6.50. The standard InChI is InChI=1S/C14H16N4O3S/c19-18(20)11-4-1-3-10(7-11)13-9-22-14(17-16-13)15-8-12-5-2-6-21-12/h1,3-4,7,12H,2,5-6,8-9H2,(H,15,17)/t12-/m0/s1. The van der Waals surface area contributed by atoms with Crippen LogP contribution < -0.4 is 5.43 Å². The van der Waals surface area contributed by atoms with E-state index in [2.05, 4.69) is 15.5 Å². The molecule has 7 nitrogen and oxygen atoms in total. The Labute approximate surface area is 132 Å². The lowest BCUT2D eigenvalue weighted by Crippen LogP contribution is -2.26. The maximum absolute atomic E-state index is 10.8. The van der Waals surface area contributed by atoms with Crippen LogP contribution >= 0.6 is 11.8 Å². The number of hydrazone groups is 1. The van der Waals surface area contributed by atoms with Gasteiger partial charge in [0.2, 0.25) is 0 Å². The molecule has 0 amide bonds. The summed E-state index contributed by atoms with van der Waals surface area (Å²) >= 11 is 1.55. The second-order valence-electron chi connectivity index (χ2n) is 5.05. The number of nitrogens with zero attached hydrogens (tertiary/aromatic N) is 3. The Morgan fingerprint density at radius 1 is 1.55 bits per heavy atom. The van der Waals surface area contributed by atoms with Crippen molar-refractivity contribution in [2.45, 2.75) is 18.9 Å². The number of nitrogens with one attached hydrogen (secondary N) is 1. The fraction of sp³-hybridized carbons (Fsp3) is 0.429. The van der Waals surface area contributed by atoms with Crippen LogP contribution in [0.4, 0.5) is 5.69 Å². The Kier molecular flexibility index (Phi) is 4.69. The van der Waals surface area contributed by atoms with Crippen LogP contribution in [-0.4, -0.2) is 40.8 Å². The van der Waals surface area contributed by atoms with Gasteiger partial charge in [0.1, 0.15) is 0 Å². The highest BCUT2D eigenvalue weighted by Crippen LogP contribution is 2.19. The number of nitro benzene ring substituents is 1. The number of thioether (sulfide) groups is 1. The van der Waals surface area contributed by atoms with Crippen LogP contribution in [0.25, 0.3) is 0 Å². The molecule has 1 fully saturated rings. The van der Waals surface area contributed by atoms with Gasteiger partial charge in [0.05, 0.1) is 23.3 Å². The Morgan fingerprint density at radius 2 is 2.45 bits per heavy atom. The van der Waals surface area contributed by atoms with Crippen LogP contribution in [0.1, 0.15) is 18.4 Å². The highest BCUT2D eigenvalue weighted by atomic mass is 32.2. The summed E-state index contributed by atoms with van der Waals surface area (Å²) in [5.74, 6) is 0.637. The number of nitro groups is 1. The van der Waals surface area contributed by atoms with E-state index in [0.717, 1.165) is 35.9 Å². The van der Waals surface area contributed by atoms with Crippen molar-refractivity contribution in [3.8, 4) is 0 Å². The van der Waals surface area contributed by atoms with Gasteiger partial charge < -0.3 is 4.74 Å². The van der Waals surface area contributed by atoms with Gasteiger partial charge in [-0.2, -0.15) is 5.10 Å². The zero-order valence-corrected chi connectivity index (χ0v) is 12.7. The van der Waals surface area contributed by atoms with E-state index >= 15 is 0 Å². The van der Waals surface area contributed by atoms with Crippen molar-refractivity contribution in [2.24, 2.45) is 10.1 Å². The monoisotopic (exact) mass is 320 g/mol. The van der Waals surface area contributed by atoms with E-state index in [1.807, 2.05) is 6.07 Å². The van der Waals surface area contributed by atoms with Gasteiger partial charge in [-0.1, -0.05) is 23.9 Å². The van der Waals surface area contributed by atoms with Crippen LogP contribution in [0.15, 0.2) is 34.4 Å². The quantitative estimate of drug-likeness (QED) is 0.678. The minimum atomic E-state index is -0.401. The van der Waals surface area contributed by atoms with E-state index in [1.54, 1.807) is 17.8 Å². The molecule has 0 saturated carbocycles. The molecule has 3 rings (SSSR count). The van der Waals surface area contributed by atoms with Crippen molar-refractivity contribution in [2.75, 3.05) is 18.9 Å². The molecule has 0 spiro atoms. The number of hydrogen-bond donors (Lipinski definition) is 1. The lowest BCUT2D eigenvalue weighted by atomic mass is 10.1. The number of aliphatic imine (C=N–C) groups is 1. The summed E-state index contributed by atoms with van der Waals surface area (Å²) in [7, 11) is 0. The third-order valence-electron chi connectivity index (χ3n) is 3.48. The first kappa shape index (κ1) is 15.0. The van der Waals surface area contributed by atoms with Crippen molar-refractivity contribution < 1.29 is 9.66 Å². The van der Waals surface area contributed by atoms with Gasteiger partial charge in [-0.3, -0.25) is 20.5 Å². The van der Waals surface area contributed by atoms with E-state index in [1.165, 1.54) is 12.1 Å². The predicted octanol–water partition coefficient (Wildman–Crippen LogP) is 2.17. The maximum Gasteiger partial charge on any atom is 0.270 e. The normalized spacial score (nSPS) is 23.2. The summed E-state index contributed by atoms with van der Waals surface area (Å²) in [4.78, 5) is 14.9. The number of hydrogen-bond acceptors (Lipinski definition) is 6. The largest absolute Gasteiger partial charge is 0.376 e. The van der Waals surface area contributed by atoms with Gasteiger partial charge in [0.25, 0.3) is 5.69 Å². The molecule has 0 aromatic heterocycles. The summed E-state index contributed by atoms with van der Waals surface area (Å²) in [6.45, 7) is 1.47. The zero-order valence-electron chi connectivity index (χ0n) is 11.9. The Hall–Kier alpha value is -1.93. The molecule has 1 saturated heterocycles. The number of ether oxygens (including phenoxy) is 1. The van der Waals surface area contributed by atoms with Crippen LogP contribution in [0.3, 0.4) is 0 Å². The average Bonchev–Trinajstić information content (AvgIpc) is 3.07. The molecular formula is C14H16N4O3S. The van der Waals surface area contributed by atoms with Crippen molar-refractivity contribution in [1.29, 1.82) is 0 Å². The first-order chi connectivity index (χ1) is 10.7. The molecule has 1 N–H and O–H groups in total. The van der Waals surface area contributed by atoms with Gasteiger partial charge in [0, 0.05) is 30.1 Å². The molecule has 1 aromatic carbocycles. The van der Waals surface area contributed by atoms with E-state index in [-0.39, 0.29) is 11.8 Å². The third kappa shape index (κ3) is 3.63. The number of benzene rings is 1. The molecule has 8 heteroatoms. The van der Waals surface area contributed by atoms with Crippen molar-refractivity contribution in [3.63, 3.8) is 0 Å². The van der Waals surface area contributed by atoms with Crippen LogP contribution in [0.5, 0.6) is 0 Å². The molecule has 2 aliphatic rings. The molecule has 2 heterocycles. The van der Waals surface area contributed by atoms with Gasteiger partial charge >= 0.3 is 0 Å². The Bertz CT molecular complexity index is 626. The molecule has 0 radical (unpaired) electrons. The molecule has 1 aromatic rings. The van der Waals surface area contributed by atoms with Gasteiger partial charge in [0.15, 0.2) is 5.17 Å². The second-order valence-corrected chi connectivity index (χ2v) is 6.01. The van der Waals surface area contributed by atoms with Crippen LogP contribution in [0, 0.1) is 10.1 Å².